The molecule has 1 fully saturated rings. The summed E-state index contributed by atoms with van der Waals surface area (Å²) in [4.78, 5) is 19.4. The minimum absolute atomic E-state index is 0.0118. The van der Waals surface area contributed by atoms with Crippen molar-refractivity contribution in [1.29, 1.82) is 0 Å². The number of carbonyl (C=O) groups excluding carboxylic acids is 1. The second-order valence-electron chi connectivity index (χ2n) is 7.63. The van der Waals surface area contributed by atoms with Crippen molar-refractivity contribution in [2.75, 3.05) is 59.3 Å². The van der Waals surface area contributed by atoms with Gasteiger partial charge in [-0.15, -0.1) is 0 Å². The third-order valence-corrected chi connectivity index (χ3v) is 5.30. The summed E-state index contributed by atoms with van der Waals surface area (Å²) in [5.41, 5.74) is 4.02. The number of hydrogen-bond acceptors (Lipinski definition) is 4. The lowest BCUT2D eigenvalue weighted by atomic mass is 10.0. The van der Waals surface area contributed by atoms with Gasteiger partial charge in [0.1, 0.15) is 0 Å². The molecule has 0 radical (unpaired) electrons. The average molecular weight is 367 g/mol. The van der Waals surface area contributed by atoms with Crippen LogP contribution in [-0.4, -0.2) is 76.1 Å². The van der Waals surface area contributed by atoms with Crippen molar-refractivity contribution in [2.24, 2.45) is 0 Å². The summed E-state index contributed by atoms with van der Waals surface area (Å²) < 4.78 is 0. The molecule has 0 spiro atoms. The smallest absolute Gasteiger partial charge is 0.251 e. The van der Waals surface area contributed by atoms with Crippen LogP contribution in [0.1, 0.15) is 10.4 Å². The van der Waals surface area contributed by atoms with Gasteiger partial charge in [-0.05, 0) is 49.5 Å². The molecule has 0 saturated carbocycles. The molecule has 1 amide bonds. The fraction of sp³-hybridized carbons (Fsp3) is 0.409. The molecule has 3 rings (SSSR count). The van der Waals surface area contributed by atoms with Gasteiger partial charge in [0.25, 0.3) is 5.91 Å². The molecule has 1 N–H and O–H groups in total. The Morgan fingerprint density at radius 1 is 1.07 bits per heavy atom. The van der Waals surface area contributed by atoms with E-state index in [1.165, 1.54) is 0 Å². The first-order valence-electron chi connectivity index (χ1n) is 9.49. The van der Waals surface area contributed by atoms with Gasteiger partial charge in [0, 0.05) is 57.6 Å². The van der Waals surface area contributed by atoms with Crippen molar-refractivity contribution in [3.63, 3.8) is 0 Å². The van der Waals surface area contributed by atoms with Gasteiger partial charge in [-0.1, -0.05) is 24.3 Å². The highest BCUT2D eigenvalue weighted by molar-refractivity contribution is 5.95. The summed E-state index contributed by atoms with van der Waals surface area (Å²) in [5, 5.41) is 3.11. The molecule has 0 bridgehead atoms. The van der Waals surface area contributed by atoms with E-state index in [4.69, 9.17) is 0 Å². The Balaban J connectivity index is 1.69. The van der Waals surface area contributed by atoms with Gasteiger partial charge in [0.05, 0.1) is 0 Å². The van der Waals surface area contributed by atoms with Crippen LogP contribution in [0.5, 0.6) is 0 Å². The van der Waals surface area contributed by atoms with Crippen LogP contribution < -0.4 is 10.2 Å². The zero-order valence-corrected chi connectivity index (χ0v) is 16.8. The molecule has 0 aliphatic carbocycles. The maximum atomic E-state index is 12.7. The van der Waals surface area contributed by atoms with Crippen molar-refractivity contribution in [2.45, 2.75) is 6.04 Å². The van der Waals surface area contributed by atoms with Gasteiger partial charge in [0.2, 0.25) is 0 Å². The van der Waals surface area contributed by atoms with E-state index >= 15 is 0 Å². The van der Waals surface area contributed by atoms with E-state index in [-0.39, 0.29) is 5.91 Å². The fourth-order valence-electron chi connectivity index (χ4n) is 3.44. The lowest BCUT2D eigenvalue weighted by Crippen LogP contribution is -2.54. The molecule has 2 aromatic carbocycles. The van der Waals surface area contributed by atoms with Crippen LogP contribution in [0.2, 0.25) is 0 Å². The van der Waals surface area contributed by atoms with Gasteiger partial charge >= 0.3 is 0 Å². The molecule has 27 heavy (non-hydrogen) atoms. The Morgan fingerprint density at radius 3 is 2.52 bits per heavy atom. The number of nitrogens with zero attached hydrogens (tertiary/aromatic N) is 3. The van der Waals surface area contributed by atoms with Crippen LogP contribution in [0.15, 0.2) is 48.5 Å². The molecule has 1 saturated heterocycles. The zero-order valence-electron chi connectivity index (χ0n) is 16.8. The predicted octanol–water partition coefficient (Wildman–Crippen LogP) is 2.40. The number of hydrogen-bond donors (Lipinski definition) is 1. The van der Waals surface area contributed by atoms with E-state index in [2.05, 4.69) is 58.4 Å². The lowest BCUT2D eigenvalue weighted by Gasteiger charge is -2.37. The van der Waals surface area contributed by atoms with Crippen LogP contribution in [0.3, 0.4) is 0 Å². The van der Waals surface area contributed by atoms with Crippen molar-refractivity contribution in [1.82, 2.24) is 15.1 Å². The minimum Gasteiger partial charge on any atom is -0.378 e. The third-order valence-electron chi connectivity index (χ3n) is 5.30. The van der Waals surface area contributed by atoms with E-state index in [1.807, 2.05) is 38.4 Å². The van der Waals surface area contributed by atoms with Crippen LogP contribution in [0, 0.1) is 0 Å². The summed E-state index contributed by atoms with van der Waals surface area (Å²) in [7, 11) is 8.32. The SMILES string of the molecule is CN1CCN(C)C(CNC(=O)c2cccc(-c3cccc(N(C)C)c3)c2)C1. The quantitative estimate of drug-likeness (QED) is 0.882. The van der Waals surface area contributed by atoms with E-state index in [0.29, 0.717) is 18.2 Å². The lowest BCUT2D eigenvalue weighted by molar-refractivity contribution is 0.0881. The number of amides is 1. The second kappa shape index (κ2) is 8.55. The van der Waals surface area contributed by atoms with Gasteiger partial charge in [-0.2, -0.15) is 0 Å². The van der Waals surface area contributed by atoms with Crippen molar-refractivity contribution in [3.8, 4) is 11.1 Å². The number of piperazine rings is 1. The van der Waals surface area contributed by atoms with E-state index in [9.17, 15) is 4.79 Å². The Labute approximate surface area is 162 Å². The number of carbonyl (C=O) groups is 1. The molecule has 0 aromatic heterocycles. The second-order valence-corrected chi connectivity index (χ2v) is 7.63. The molecule has 5 nitrogen and oxygen atoms in total. The number of anilines is 1. The first-order valence-corrected chi connectivity index (χ1v) is 9.49. The molecular weight excluding hydrogens is 336 g/mol. The molecule has 1 aliphatic heterocycles. The summed E-state index contributed by atoms with van der Waals surface area (Å²) >= 11 is 0. The Hall–Kier alpha value is -2.37. The summed E-state index contributed by atoms with van der Waals surface area (Å²) in [5.74, 6) is -0.0118. The summed E-state index contributed by atoms with van der Waals surface area (Å²) in [6.45, 7) is 3.76. The Morgan fingerprint density at radius 2 is 1.78 bits per heavy atom. The Bertz CT molecular complexity index is 789. The number of likely N-dealkylation sites (N-methyl/N-ethyl adjacent to an activating group) is 2. The maximum Gasteiger partial charge on any atom is 0.251 e. The van der Waals surface area contributed by atoms with Crippen LogP contribution >= 0.6 is 0 Å². The van der Waals surface area contributed by atoms with Crippen molar-refractivity contribution >= 4 is 11.6 Å². The molecule has 5 heteroatoms. The summed E-state index contributed by atoms with van der Waals surface area (Å²) in [6.07, 6.45) is 0. The van der Waals surface area contributed by atoms with Gasteiger partial charge in [0.15, 0.2) is 0 Å². The van der Waals surface area contributed by atoms with Crippen LogP contribution in [-0.2, 0) is 0 Å². The maximum absolute atomic E-state index is 12.7. The largest absolute Gasteiger partial charge is 0.378 e. The highest BCUT2D eigenvalue weighted by Gasteiger charge is 2.22. The highest BCUT2D eigenvalue weighted by atomic mass is 16.1. The van der Waals surface area contributed by atoms with Crippen molar-refractivity contribution in [3.05, 3.63) is 54.1 Å². The first kappa shape index (κ1) is 19.4. The predicted molar refractivity (Wildman–Crippen MR) is 112 cm³/mol. The van der Waals surface area contributed by atoms with E-state index in [0.717, 1.165) is 36.4 Å². The molecule has 1 aliphatic rings. The third kappa shape index (κ3) is 4.87. The minimum atomic E-state index is -0.0118. The van der Waals surface area contributed by atoms with Crippen LogP contribution in [0.4, 0.5) is 5.69 Å². The van der Waals surface area contributed by atoms with Gasteiger partial charge < -0.3 is 15.1 Å². The van der Waals surface area contributed by atoms with Crippen LogP contribution in [0.25, 0.3) is 11.1 Å². The summed E-state index contributed by atoms with van der Waals surface area (Å²) in [6, 6.07) is 16.6. The topological polar surface area (TPSA) is 38.8 Å². The highest BCUT2D eigenvalue weighted by Crippen LogP contribution is 2.24. The van der Waals surface area contributed by atoms with Gasteiger partial charge in [-0.25, -0.2) is 0 Å². The number of benzene rings is 2. The Kier molecular flexibility index (Phi) is 6.14. The zero-order chi connectivity index (χ0) is 19.4. The monoisotopic (exact) mass is 366 g/mol. The standard InChI is InChI=1S/C22H30N4O/c1-24(2)20-10-6-8-18(14-20)17-7-5-9-19(13-17)22(27)23-15-21-16-25(3)11-12-26(21)4/h5-10,13-14,21H,11-12,15-16H2,1-4H3,(H,23,27). The average Bonchev–Trinajstić information content (AvgIpc) is 2.68. The van der Waals surface area contributed by atoms with E-state index < -0.39 is 0 Å². The van der Waals surface area contributed by atoms with Gasteiger partial charge in [-0.3, -0.25) is 9.69 Å². The first-order chi connectivity index (χ1) is 12.9. The molecular formula is C22H30N4O. The fourth-order valence-corrected chi connectivity index (χ4v) is 3.44. The molecule has 1 atom stereocenters. The number of nitrogens with one attached hydrogen (secondary N) is 1. The number of rotatable bonds is 5. The van der Waals surface area contributed by atoms with Crippen molar-refractivity contribution < 1.29 is 4.79 Å². The molecule has 1 unspecified atom stereocenters. The molecule has 1 heterocycles. The normalized spacial score (nSPS) is 18.3. The van der Waals surface area contributed by atoms with E-state index in [1.54, 1.807) is 0 Å². The molecule has 2 aromatic rings. The molecule has 144 valence electrons.